The fraction of sp³-hybridized carbons (Fsp3) is 0.273. The van der Waals surface area contributed by atoms with E-state index in [0.29, 0.717) is 23.4 Å². The van der Waals surface area contributed by atoms with Crippen molar-refractivity contribution in [2.24, 2.45) is 0 Å². The molecular weight excluding hydrogens is 360 g/mol. The summed E-state index contributed by atoms with van der Waals surface area (Å²) < 4.78 is 0. The summed E-state index contributed by atoms with van der Waals surface area (Å²) in [6.07, 6.45) is 2.42. The monoisotopic (exact) mass is 380 g/mol. The van der Waals surface area contributed by atoms with Crippen molar-refractivity contribution < 1.29 is 9.59 Å². The molecule has 138 valence electrons. The van der Waals surface area contributed by atoms with Gasteiger partial charge in [-0.05, 0) is 36.6 Å². The molecule has 1 atom stereocenters. The van der Waals surface area contributed by atoms with Crippen LogP contribution in [0.1, 0.15) is 44.2 Å². The summed E-state index contributed by atoms with van der Waals surface area (Å²) in [6.45, 7) is 1.84. The van der Waals surface area contributed by atoms with Crippen molar-refractivity contribution in [3.8, 4) is 0 Å². The molecule has 1 aliphatic heterocycles. The number of para-hydroxylation sites is 2. The second-order valence-electron chi connectivity index (χ2n) is 6.85. The first-order valence-electron chi connectivity index (χ1n) is 9.30. The van der Waals surface area contributed by atoms with Crippen LogP contribution in [0.4, 0.5) is 11.4 Å². The van der Waals surface area contributed by atoms with E-state index in [0.717, 1.165) is 35.5 Å². The minimum atomic E-state index is -0.523. The SMILES string of the molecule is CCC(=O)N1c2ccccc2NC2=C(C(=O)CCC2)[C@H]1c1ccccc1Cl. The Kier molecular flexibility index (Phi) is 4.75. The largest absolute Gasteiger partial charge is 0.357 e. The lowest BCUT2D eigenvalue weighted by atomic mass is 9.85. The maximum atomic E-state index is 13.1. The normalized spacial score (nSPS) is 19.1. The second kappa shape index (κ2) is 7.20. The van der Waals surface area contributed by atoms with Gasteiger partial charge in [0.1, 0.15) is 0 Å². The average molecular weight is 381 g/mol. The van der Waals surface area contributed by atoms with Crippen LogP contribution in [-0.4, -0.2) is 11.7 Å². The summed E-state index contributed by atoms with van der Waals surface area (Å²) in [7, 11) is 0. The van der Waals surface area contributed by atoms with Crippen molar-refractivity contribution in [3.05, 3.63) is 70.4 Å². The summed E-state index contributed by atoms with van der Waals surface area (Å²) in [5.41, 5.74) is 3.96. The summed E-state index contributed by atoms with van der Waals surface area (Å²) >= 11 is 6.54. The molecule has 0 bridgehead atoms. The number of rotatable bonds is 2. The number of allylic oxidation sites excluding steroid dienone is 1. The molecule has 1 amide bonds. The van der Waals surface area contributed by atoms with Gasteiger partial charge in [0, 0.05) is 29.1 Å². The molecule has 0 aromatic heterocycles. The number of Topliss-reactive ketones (excluding diaryl/α,β-unsaturated/α-hetero) is 1. The highest BCUT2D eigenvalue weighted by atomic mass is 35.5. The lowest BCUT2D eigenvalue weighted by Gasteiger charge is -2.34. The number of benzene rings is 2. The Hall–Kier alpha value is -2.59. The molecule has 0 spiro atoms. The fourth-order valence-corrected chi connectivity index (χ4v) is 4.21. The zero-order valence-corrected chi connectivity index (χ0v) is 15.9. The van der Waals surface area contributed by atoms with Gasteiger partial charge in [-0.1, -0.05) is 48.9 Å². The van der Waals surface area contributed by atoms with Crippen LogP contribution in [0.3, 0.4) is 0 Å². The van der Waals surface area contributed by atoms with E-state index in [1.54, 1.807) is 4.90 Å². The zero-order valence-electron chi connectivity index (χ0n) is 15.2. The first-order chi connectivity index (χ1) is 13.1. The van der Waals surface area contributed by atoms with E-state index < -0.39 is 6.04 Å². The standard InChI is InChI=1S/C22H21ClN2O2/c1-2-20(27)25-18-12-6-5-10-16(18)24-17-11-7-13-19(26)21(17)22(25)14-8-3-4-9-15(14)23/h3-6,8-10,12,22,24H,2,7,11,13H2,1H3/t22-/m1/s1. The van der Waals surface area contributed by atoms with Gasteiger partial charge in [0.05, 0.1) is 17.4 Å². The molecule has 4 nitrogen and oxygen atoms in total. The van der Waals surface area contributed by atoms with Crippen molar-refractivity contribution in [1.29, 1.82) is 0 Å². The summed E-state index contributed by atoms with van der Waals surface area (Å²) in [4.78, 5) is 27.8. The molecule has 0 saturated heterocycles. The van der Waals surface area contributed by atoms with Crippen LogP contribution in [0.2, 0.25) is 5.02 Å². The molecule has 1 aliphatic carbocycles. The number of fused-ring (bicyclic) bond motifs is 1. The lowest BCUT2D eigenvalue weighted by molar-refractivity contribution is -0.118. The average Bonchev–Trinajstić information content (AvgIpc) is 2.83. The van der Waals surface area contributed by atoms with E-state index in [1.807, 2.05) is 55.5 Å². The third-order valence-corrected chi connectivity index (χ3v) is 5.55. The highest BCUT2D eigenvalue weighted by Gasteiger charge is 2.39. The first-order valence-corrected chi connectivity index (χ1v) is 9.68. The van der Waals surface area contributed by atoms with Crippen LogP contribution in [0.25, 0.3) is 0 Å². The predicted molar refractivity (Wildman–Crippen MR) is 108 cm³/mol. The van der Waals surface area contributed by atoms with Gasteiger partial charge < -0.3 is 5.32 Å². The zero-order chi connectivity index (χ0) is 19.0. The van der Waals surface area contributed by atoms with Gasteiger partial charge >= 0.3 is 0 Å². The number of ketones is 1. The molecule has 2 aromatic rings. The van der Waals surface area contributed by atoms with Crippen molar-refractivity contribution in [3.63, 3.8) is 0 Å². The van der Waals surface area contributed by atoms with Crippen LogP contribution in [0.15, 0.2) is 59.8 Å². The van der Waals surface area contributed by atoms with Crippen molar-refractivity contribution in [2.75, 3.05) is 10.2 Å². The molecule has 1 heterocycles. The van der Waals surface area contributed by atoms with Gasteiger partial charge in [-0.15, -0.1) is 0 Å². The van der Waals surface area contributed by atoms with Gasteiger partial charge in [-0.3, -0.25) is 14.5 Å². The van der Waals surface area contributed by atoms with Gasteiger partial charge in [0.25, 0.3) is 0 Å². The van der Waals surface area contributed by atoms with Crippen LogP contribution < -0.4 is 10.2 Å². The first kappa shape index (κ1) is 17.8. The Balaban J connectivity index is 2.03. The summed E-state index contributed by atoms with van der Waals surface area (Å²) in [5.74, 6) is 0.0386. The van der Waals surface area contributed by atoms with Crippen LogP contribution >= 0.6 is 11.6 Å². The van der Waals surface area contributed by atoms with Crippen molar-refractivity contribution >= 4 is 34.7 Å². The van der Waals surface area contributed by atoms with E-state index in [1.165, 1.54) is 0 Å². The van der Waals surface area contributed by atoms with Gasteiger partial charge in [-0.2, -0.15) is 0 Å². The second-order valence-corrected chi connectivity index (χ2v) is 7.26. The highest BCUT2D eigenvalue weighted by Crippen LogP contribution is 2.46. The number of carbonyl (C=O) groups excluding carboxylic acids is 2. The van der Waals surface area contributed by atoms with Crippen LogP contribution in [0, 0.1) is 0 Å². The number of nitrogens with zero attached hydrogens (tertiary/aromatic N) is 1. The third-order valence-electron chi connectivity index (χ3n) is 5.21. The summed E-state index contributed by atoms with van der Waals surface area (Å²) in [6, 6.07) is 14.7. The van der Waals surface area contributed by atoms with Gasteiger partial charge in [0.15, 0.2) is 5.78 Å². The molecule has 1 N–H and O–H groups in total. The molecule has 2 aromatic carbocycles. The van der Waals surface area contributed by atoms with E-state index in [9.17, 15) is 9.59 Å². The van der Waals surface area contributed by atoms with Crippen molar-refractivity contribution in [2.45, 2.75) is 38.6 Å². The number of hydrogen-bond acceptors (Lipinski definition) is 3. The Morgan fingerprint density at radius 1 is 1.15 bits per heavy atom. The molecule has 0 saturated carbocycles. The fourth-order valence-electron chi connectivity index (χ4n) is 3.97. The molecule has 0 fully saturated rings. The van der Waals surface area contributed by atoms with Crippen molar-refractivity contribution in [1.82, 2.24) is 0 Å². The summed E-state index contributed by atoms with van der Waals surface area (Å²) in [5, 5.41) is 4.00. The molecule has 27 heavy (non-hydrogen) atoms. The number of amides is 1. The highest BCUT2D eigenvalue weighted by molar-refractivity contribution is 6.31. The molecule has 2 aliphatic rings. The minimum absolute atomic E-state index is 0.0405. The predicted octanol–water partition coefficient (Wildman–Crippen LogP) is 5.26. The number of carbonyl (C=O) groups is 2. The number of anilines is 2. The number of halogens is 1. The van der Waals surface area contributed by atoms with E-state index in [-0.39, 0.29) is 11.7 Å². The molecule has 5 heteroatoms. The Labute approximate surface area is 163 Å². The maximum absolute atomic E-state index is 13.1. The Bertz CT molecular complexity index is 951. The topological polar surface area (TPSA) is 49.4 Å². The molecule has 4 rings (SSSR count). The maximum Gasteiger partial charge on any atom is 0.227 e. The Morgan fingerprint density at radius 3 is 2.67 bits per heavy atom. The van der Waals surface area contributed by atoms with E-state index in [4.69, 9.17) is 11.6 Å². The quantitative estimate of drug-likeness (QED) is 0.773. The van der Waals surface area contributed by atoms with Crippen LogP contribution in [0.5, 0.6) is 0 Å². The van der Waals surface area contributed by atoms with E-state index in [2.05, 4.69) is 5.32 Å². The van der Waals surface area contributed by atoms with E-state index >= 15 is 0 Å². The number of hydrogen-bond donors (Lipinski definition) is 1. The lowest BCUT2D eigenvalue weighted by Crippen LogP contribution is -2.37. The van der Waals surface area contributed by atoms with Gasteiger partial charge in [-0.25, -0.2) is 0 Å². The Morgan fingerprint density at radius 2 is 1.89 bits per heavy atom. The molecule has 0 unspecified atom stereocenters. The molecular formula is C22H21ClN2O2. The molecule has 0 radical (unpaired) electrons. The van der Waals surface area contributed by atoms with Gasteiger partial charge in [0.2, 0.25) is 5.91 Å². The third kappa shape index (κ3) is 3.04. The number of nitrogens with one attached hydrogen (secondary N) is 1. The smallest absolute Gasteiger partial charge is 0.227 e. The minimum Gasteiger partial charge on any atom is -0.357 e. The van der Waals surface area contributed by atoms with Crippen LogP contribution in [-0.2, 0) is 9.59 Å².